The van der Waals surface area contributed by atoms with Crippen LogP contribution >= 0.6 is 0 Å². The maximum Gasteiger partial charge on any atom is 0.251 e. The van der Waals surface area contributed by atoms with Gasteiger partial charge in [-0.1, -0.05) is 19.1 Å². The first-order chi connectivity index (χ1) is 13.5. The highest BCUT2D eigenvalue weighted by molar-refractivity contribution is 5.94. The van der Waals surface area contributed by atoms with E-state index in [-0.39, 0.29) is 11.9 Å². The number of rotatable bonds is 6. The summed E-state index contributed by atoms with van der Waals surface area (Å²) < 4.78 is 5.55. The van der Waals surface area contributed by atoms with E-state index in [9.17, 15) is 4.79 Å². The average molecular weight is 381 g/mol. The Balaban J connectivity index is 1.63. The summed E-state index contributed by atoms with van der Waals surface area (Å²) >= 11 is 0. The van der Waals surface area contributed by atoms with Gasteiger partial charge in [-0.2, -0.15) is 0 Å². The van der Waals surface area contributed by atoms with Gasteiger partial charge in [-0.15, -0.1) is 0 Å². The highest BCUT2D eigenvalue weighted by Crippen LogP contribution is 2.25. The minimum Gasteiger partial charge on any atom is -0.494 e. The van der Waals surface area contributed by atoms with E-state index in [4.69, 9.17) is 4.74 Å². The van der Waals surface area contributed by atoms with E-state index in [2.05, 4.69) is 41.4 Å². The van der Waals surface area contributed by atoms with Gasteiger partial charge in [-0.25, -0.2) is 0 Å². The lowest BCUT2D eigenvalue weighted by Gasteiger charge is -2.33. The molecule has 1 aliphatic heterocycles. The molecule has 4 heteroatoms. The molecule has 1 saturated heterocycles. The lowest BCUT2D eigenvalue weighted by molar-refractivity contribution is 0.0939. The molecule has 1 heterocycles. The van der Waals surface area contributed by atoms with Gasteiger partial charge in [0.2, 0.25) is 0 Å². The number of carbonyl (C=O) groups excluding carboxylic acids is 1. The second kappa shape index (κ2) is 9.13. The molecule has 0 aromatic heterocycles. The Morgan fingerprint density at radius 2 is 2.00 bits per heavy atom. The fourth-order valence-corrected chi connectivity index (χ4v) is 3.87. The highest BCUT2D eigenvalue weighted by Gasteiger charge is 2.17. The number of hydrogen-bond donors (Lipinski definition) is 1. The van der Waals surface area contributed by atoms with Crippen LogP contribution in [0.5, 0.6) is 5.75 Å². The van der Waals surface area contributed by atoms with Crippen LogP contribution in [-0.2, 0) is 0 Å². The van der Waals surface area contributed by atoms with Crippen molar-refractivity contribution >= 4 is 11.6 Å². The van der Waals surface area contributed by atoms with Crippen molar-refractivity contribution in [3.63, 3.8) is 0 Å². The SMILES string of the molecule is CCOc1ccc(C(=O)N[C@H](C)c2ccc(N3CCC[C@@H](C)C3)cc2)cc1C. The van der Waals surface area contributed by atoms with Crippen molar-refractivity contribution in [1.29, 1.82) is 0 Å². The quantitative estimate of drug-likeness (QED) is 0.756. The van der Waals surface area contributed by atoms with Crippen LogP contribution < -0.4 is 15.0 Å². The average Bonchev–Trinajstić information content (AvgIpc) is 2.69. The molecule has 150 valence electrons. The van der Waals surface area contributed by atoms with E-state index in [0.29, 0.717) is 12.2 Å². The Morgan fingerprint density at radius 1 is 1.25 bits per heavy atom. The van der Waals surface area contributed by atoms with Crippen LogP contribution in [0.1, 0.15) is 61.1 Å². The second-order valence-electron chi connectivity index (χ2n) is 7.89. The third-order valence-electron chi connectivity index (χ3n) is 5.50. The van der Waals surface area contributed by atoms with Crippen LogP contribution in [0.4, 0.5) is 5.69 Å². The minimum atomic E-state index is -0.0624. The number of carbonyl (C=O) groups is 1. The van der Waals surface area contributed by atoms with Gasteiger partial charge >= 0.3 is 0 Å². The molecule has 0 bridgehead atoms. The number of amides is 1. The zero-order valence-corrected chi connectivity index (χ0v) is 17.5. The van der Waals surface area contributed by atoms with Crippen LogP contribution in [0.25, 0.3) is 0 Å². The Morgan fingerprint density at radius 3 is 2.64 bits per heavy atom. The van der Waals surface area contributed by atoms with E-state index < -0.39 is 0 Å². The number of nitrogens with zero attached hydrogens (tertiary/aromatic N) is 1. The molecule has 1 N–H and O–H groups in total. The molecule has 0 aliphatic carbocycles. The van der Waals surface area contributed by atoms with Crippen molar-refractivity contribution in [2.75, 3.05) is 24.6 Å². The third kappa shape index (κ3) is 4.86. The van der Waals surface area contributed by atoms with Gasteiger partial charge in [0, 0.05) is 24.3 Å². The maximum absolute atomic E-state index is 12.6. The fourth-order valence-electron chi connectivity index (χ4n) is 3.87. The van der Waals surface area contributed by atoms with Crippen LogP contribution in [0.15, 0.2) is 42.5 Å². The standard InChI is InChI=1S/C24H32N2O2/c1-5-28-23-13-10-21(15-18(23)3)24(27)25-19(4)20-8-11-22(12-9-20)26-14-6-7-17(2)16-26/h8-13,15,17,19H,5-7,14,16H2,1-4H3,(H,25,27)/t17-,19-/m1/s1. The molecule has 2 atom stereocenters. The van der Waals surface area contributed by atoms with Crippen molar-refractivity contribution in [3.8, 4) is 5.75 Å². The molecule has 2 aromatic rings. The van der Waals surface area contributed by atoms with Crippen LogP contribution in [0.3, 0.4) is 0 Å². The normalized spacial score (nSPS) is 17.9. The number of aryl methyl sites for hydroxylation is 1. The van der Waals surface area contributed by atoms with Crippen LogP contribution in [-0.4, -0.2) is 25.6 Å². The Hall–Kier alpha value is -2.49. The number of anilines is 1. The van der Waals surface area contributed by atoms with Gasteiger partial charge in [0.05, 0.1) is 12.6 Å². The number of nitrogens with one attached hydrogen (secondary N) is 1. The number of piperidine rings is 1. The molecule has 1 amide bonds. The first-order valence-corrected chi connectivity index (χ1v) is 10.4. The first-order valence-electron chi connectivity index (χ1n) is 10.4. The summed E-state index contributed by atoms with van der Waals surface area (Å²) in [5, 5.41) is 3.10. The molecule has 4 nitrogen and oxygen atoms in total. The zero-order chi connectivity index (χ0) is 20.1. The minimum absolute atomic E-state index is 0.0475. The molecule has 0 radical (unpaired) electrons. The molecule has 0 spiro atoms. The predicted octanol–water partition coefficient (Wildman–Crippen LogP) is 5.12. The smallest absolute Gasteiger partial charge is 0.251 e. The molecular weight excluding hydrogens is 348 g/mol. The van der Waals surface area contributed by atoms with Gasteiger partial charge in [-0.05, 0) is 81.0 Å². The summed E-state index contributed by atoms with van der Waals surface area (Å²) in [4.78, 5) is 15.1. The topological polar surface area (TPSA) is 41.6 Å². The maximum atomic E-state index is 12.6. The monoisotopic (exact) mass is 380 g/mol. The van der Waals surface area contributed by atoms with E-state index in [1.807, 2.05) is 39.0 Å². The summed E-state index contributed by atoms with van der Waals surface area (Å²) in [7, 11) is 0. The molecule has 3 rings (SSSR count). The van der Waals surface area contributed by atoms with Crippen molar-refractivity contribution in [2.45, 2.75) is 46.6 Å². The predicted molar refractivity (Wildman–Crippen MR) is 115 cm³/mol. The largest absolute Gasteiger partial charge is 0.494 e. The lowest BCUT2D eigenvalue weighted by Crippen LogP contribution is -2.34. The Kier molecular flexibility index (Phi) is 6.61. The van der Waals surface area contributed by atoms with Gasteiger partial charge in [0.15, 0.2) is 0 Å². The first kappa shape index (κ1) is 20.2. The van der Waals surface area contributed by atoms with Crippen molar-refractivity contribution in [1.82, 2.24) is 5.32 Å². The van der Waals surface area contributed by atoms with Crippen molar-refractivity contribution in [2.24, 2.45) is 5.92 Å². The van der Waals surface area contributed by atoms with Crippen molar-refractivity contribution < 1.29 is 9.53 Å². The summed E-state index contributed by atoms with van der Waals surface area (Å²) in [6.45, 7) is 11.1. The highest BCUT2D eigenvalue weighted by atomic mass is 16.5. The zero-order valence-electron chi connectivity index (χ0n) is 17.5. The fraction of sp³-hybridized carbons (Fsp3) is 0.458. The Labute approximate surface area is 168 Å². The van der Waals surface area contributed by atoms with Gasteiger partial charge in [0.25, 0.3) is 5.91 Å². The molecule has 1 fully saturated rings. The number of hydrogen-bond acceptors (Lipinski definition) is 3. The number of benzene rings is 2. The Bertz CT molecular complexity index is 801. The molecular formula is C24H32N2O2. The van der Waals surface area contributed by atoms with Crippen LogP contribution in [0, 0.1) is 12.8 Å². The van der Waals surface area contributed by atoms with Crippen LogP contribution in [0.2, 0.25) is 0 Å². The summed E-state index contributed by atoms with van der Waals surface area (Å²) in [5.41, 5.74) is 4.02. The summed E-state index contributed by atoms with van der Waals surface area (Å²) in [5.74, 6) is 1.52. The molecule has 28 heavy (non-hydrogen) atoms. The third-order valence-corrected chi connectivity index (χ3v) is 5.50. The van der Waals surface area contributed by atoms with Gasteiger partial charge in [0.1, 0.15) is 5.75 Å². The van der Waals surface area contributed by atoms with Crippen molar-refractivity contribution in [3.05, 3.63) is 59.2 Å². The molecule has 0 saturated carbocycles. The second-order valence-corrected chi connectivity index (χ2v) is 7.89. The van der Waals surface area contributed by atoms with Gasteiger partial charge < -0.3 is 15.0 Å². The van der Waals surface area contributed by atoms with E-state index >= 15 is 0 Å². The summed E-state index contributed by atoms with van der Waals surface area (Å²) in [6, 6.07) is 14.1. The number of ether oxygens (including phenoxy) is 1. The lowest BCUT2D eigenvalue weighted by atomic mass is 9.99. The molecule has 0 unspecified atom stereocenters. The molecule has 1 aliphatic rings. The van der Waals surface area contributed by atoms with E-state index in [0.717, 1.165) is 35.9 Å². The van der Waals surface area contributed by atoms with Gasteiger partial charge in [-0.3, -0.25) is 4.79 Å². The van der Waals surface area contributed by atoms with E-state index in [1.54, 1.807) is 0 Å². The molecule has 2 aromatic carbocycles. The summed E-state index contributed by atoms with van der Waals surface area (Å²) in [6.07, 6.45) is 2.58. The van der Waals surface area contributed by atoms with E-state index in [1.165, 1.54) is 18.5 Å².